The van der Waals surface area contributed by atoms with Crippen molar-refractivity contribution in [1.82, 2.24) is 9.80 Å². The zero-order valence-corrected chi connectivity index (χ0v) is 20.9. The summed E-state index contributed by atoms with van der Waals surface area (Å²) in [6.07, 6.45) is 0. The van der Waals surface area contributed by atoms with Crippen molar-refractivity contribution >= 4 is 5.91 Å². The van der Waals surface area contributed by atoms with E-state index in [0.29, 0.717) is 31.9 Å². The predicted molar refractivity (Wildman–Crippen MR) is 146 cm³/mol. The van der Waals surface area contributed by atoms with Gasteiger partial charge in [0.2, 0.25) is 0 Å². The summed E-state index contributed by atoms with van der Waals surface area (Å²) in [4.78, 5) is 17.6. The summed E-state index contributed by atoms with van der Waals surface area (Å²) in [6, 6.07) is 38.5. The molecule has 5 nitrogen and oxygen atoms in total. The normalized spacial score (nSPS) is 13.9. The second-order valence-electron chi connectivity index (χ2n) is 9.09. The van der Waals surface area contributed by atoms with E-state index in [1.807, 2.05) is 59.5 Å². The predicted octanol–water partition coefficient (Wildman–Crippen LogP) is 5.69. The lowest BCUT2D eigenvalue weighted by Crippen LogP contribution is -2.49. The number of carbonyl (C=O) groups is 1. The average molecular weight is 493 g/mol. The number of piperazine rings is 1. The Balaban J connectivity index is 1.15. The molecule has 5 rings (SSSR count). The van der Waals surface area contributed by atoms with Crippen LogP contribution >= 0.6 is 0 Å². The molecule has 1 fully saturated rings. The minimum atomic E-state index is 0.0644. The number of carbonyl (C=O) groups excluding carboxylic acids is 1. The Kier molecular flexibility index (Phi) is 8.14. The SMILES string of the molecule is O=C(c1ccc(OCCOc2ccccc2)cc1)N1CCN(C(c2ccccc2)c2ccccc2)CC1. The van der Waals surface area contributed by atoms with Crippen molar-refractivity contribution in [2.45, 2.75) is 6.04 Å². The Hall–Kier alpha value is -4.09. The molecule has 0 radical (unpaired) electrons. The number of nitrogens with zero attached hydrogens (tertiary/aromatic N) is 2. The molecule has 4 aromatic rings. The van der Waals surface area contributed by atoms with E-state index in [0.717, 1.165) is 24.6 Å². The van der Waals surface area contributed by atoms with E-state index in [-0.39, 0.29) is 11.9 Å². The van der Waals surface area contributed by atoms with Gasteiger partial charge in [-0.3, -0.25) is 9.69 Å². The molecular weight excluding hydrogens is 460 g/mol. The quantitative estimate of drug-likeness (QED) is 0.282. The molecule has 0 atom stereocenters. The Bertz CT molecular complexity index is 1200. The minimum absolute atomic E-state index is 0.0644. The first-order valence-electron chi connectivity index (χ1n) is 12.8. The lowest BCUT2D eigenvalue weighted by molar-refractivity contribution is 0.0597. The third kappa shape index (κ3) is 6.38. The first-order chi connectivity index (χ1) is 18.3. The van der Waals surface area contributed by atoms with Crippen LogP contribution in [0, 0.1) is 0 Å². The van der Waals surface area contributed by atoms with Crippen molar-refractivity contribution in [2.75, 3.05) is 39.4 Å². The number of hydrogen-bond acceptors (Lipinski definition) is 4. The molecule has 5 heteroatoms. The van der Waals surface area contributed by atoms with Crippen LogP contribution in [0.2, 0.25) is 0 Å². The van der Waals surface area contributed by atoms with Crippen LogP contribution in [0.1, 0.15) is 27.5 Å². The first-order valence-corrected chi connectivity index (χ1v) is 12.8. The van der Waals surface area contributed by atoms with Gasteiger partial charge >= 0.3 is 0 Å². The first kappa shape index (κ1) is 24.6. The zero-order chi connectivity index (χ0) is 25.3. The second-order valence-corrected chi connectivity index (χ2v) is 9.09. The van der Waals surface area contributed by atoms with Gasteiger partial charge in [0.15, 0.2) is 0 Å². The fraction of sp³-hybridized carbons (Fsp3) is 0.219. The van der Waals surface area contributed by atoms with E-state index < -0.39 is 0 Å². The van der Waals surface area contributed by atoms with Crippen LogP contribution in [0.25, 0.3) is 0 Å². The van der Waals surface area contributed by atoms with Crippen LogP contribution in [-0.4, -0.2) is 55.1 Å². The Morgan fingerprint density at radius 1 is 0.595 bits per heavy atom. The molecule has 0 bridgehead atoms. The van der Waals surface area contributed by atoms with E-state index in [1.54, 1.807) is 0 Å². The number of benzene rings is 4. The molecule has 0 N–H and O–H groups in total. The van der Waals surface area contributed by atoms with E-state index in [9.17, 15) is 4.79 Å². The standard InChI is InChI=1S/C32H32N2O3/c35-32(28-16-18-30(19-17-28)37-25-24-36-29-14-8-3-9-15-29)34-22-20-33(21-23-34)31(26-10-4-1-5-11-26)27-12-6-2-7-13-27/h1-19,31H,20-25H2. The maximum absolute atomic E-state index is 13.2. The monoisotopic (exact) mass is 492 g/mol. The Morgan fingerprint density at radius 3 is 1.57 bits per heavy atom. The number of amides is 1. The molecule has 37 heavy (non-hydrogen) atoms. The topological polar surface area (TPSA) is 42.0 Å². The van der Waals surface area contributed by atoms with E-state index in [4.69, 9.17) is 9.47 Å². The van der Waals surface area contributed by atoms with Gasteiger partial charge < -0.3 is 14.4 Å². The highest BCUT2D eigenvalue weighted by atomic mass is 16.5. The van der Waals surface area contributed by atoms with E-state index >= 15 is 0 Å². The molecule has 1 amide bonds. The Labute approximate surface area is 218 Å². The average Bonchev–Trinajstić information content (AvgIpc) is 2.97. The highest BCUT2D eigenvalue weighted by Crippen LogP contribution is 2.29. The van der Waals surface area contributed by atoms with Gasteiger partial charge in [-0.2, -0.15) is 0 Å². The molecule has 0 aromatic heterocycles. The van der Waals surface area contributed by atoms with Crippen LogP contribution in [0.3, 0.4) is 0 Å². The zero-order valence-electron chi connectivity index (χ0n) is 20.9. The van der Waals surface area contributed by atoms with Gasteiger partial charge in [-0.05, 0) is 47.5 Å². The van der Waals surface area contributed by atoms with Crippen molar-refractivity contribution in [1.29, 1.82) is 0 Å². The molecule has 188 valence electrons. The van der Waals surface area contributed by atoms with E-state index in [1.165, 1.54) is 11.1 Å². The summed E-state index contributed by atoms with van der Waals surface area (Å²) in [5.41, 5.74) is 3.24. The maximum Gasteiger partial charge on any atom is 0.253 e. The van der Waals surface area contributed by atoms with Crippen LogP contribution in [0.5, 0.6) is 11.5 Å². The van der Waals surface area contributed by atoms with E-state index in [2.05, 4.69) is 65.6 Å². The second kappa shape index (κ2) is 12.2. The molecule has 4 aromatic carbocycles. The number of para-hydroxylation sites is 1. The lowest BCUT2D eigenvalue weighted by atomic mass is 9.96. The van der Waals surface area contributed by atoms with Crippen LogP contribution in [0.4, 0.5) is 0 Å². The smallest absolute Gasteiger partial charge is 0.253 e. The largest absolute Gasteiger partial charge is 0.490 e. The van der Waals surface area contributed by atoms with Gasteiger partial charge in [0, 0.05) is 31.7 Å². The summed E-state index contributed by atoms with van der Waals surface area (Å²) in [7, 11) is 0. The molecule has 0 spiro atoms. The van der Waals surface area contributed by atoms with Crippen LogP contribution in [0.15, 0.2) is 115 Å². The molecule has 0 saturated carbocycles. The third-order valence-corrected chi connectivity index (χ3v) is 6.66. The van der Waals surface area contributed by atoms with Crippen LogP contribution < -0.4 is 9.47 Å². The minimum Gasteiger partial charge on any atom is -0.490 e. The van der Waals surface area contributed by atoms with Crippen molar-refractivity contribution in [3.05, 3.63) is 132 Å². The highest BCUT2D eigenvalue weighted by molar-refractivity contribution is 5.94. The van der Waals surface area contributed by atoms with Gasteiger partial charge in [0.1, 0.15) is 24.7 Å². The van der Waals surface area contributed by atoms with Crippen molar-refractivity contribution in [2.24, 2.45) is 0 Å². The lowest BCUT2D eigenvalue weighted by Gasteiger charge is -2.39. The van der Waals surface area contributed by atoms with Crippen molar-refractivity contribution in [3.8, 4) is 11.5 Å². The molecule has 1 aliphatic heterocycles. The summed E-state index contributed by atoms with van der Waals surface area (Å²) >= 11 is 0. The van der Waals surface area contributed by atoms with Gasteiger partial charge in [0.05, 0.1) is 6.04 Å². The summed E-state index contributed by atoms with van der Waals surface area (Å²) in [5, 5.41) is 0. The highest BCUT2D eigenvalue weighted by Gasteiger charge is 2.28. The van der Waals surface area contributed by atoms with Crippen molar-refractivity contribution in [3.63, 3.8) is 0 Å². The van der Waals surface area contributed by atoms with Crippen LogP contribution in [-0.2, 0) is 0 Å². The number of rotatable bonds is 9. The maximum atomic E-state index is 13.2. The van der Waals surface area contributed by atoms with Gasteiger partial charge in [0.25, 0.3) is 5.91 Å². The number of hydrogen-bond donors (Lipinski definition) is 0. The van der Waals surface area contributed by atoms with Crippen molar-refractivity contribution < 1.29 is 14.3 Å². The molecular formula is C32H32N2O3. The molecule has 0 unspecified atom stereocenters. The molecule has 1 aliphatic rings. The fourth-order valence-electron chi connectivity index (χ4n) is 4.78. The summed E-state index contributed by atoms with van der Waals surface area (Å²) in [5.74, 6) is 1.62. The number of ether oxygens (including phenoxy) is 2. The molecule has 1 heterocycles. The van der Waals surface area contributed by atoms with Gasteiger partial charge in [-0.25, -0.2) is 0 Å². The summed E-state index contributed by atoms with van der Waals surface area (Å²) < 4.78 is 11.4. The third-order valence-electron chi connectivity index (χ3n) is 6.66. The van der Waals surface area contributed by atoms with Gasteiger partial charge in [-0.1, -0.05) is 78.9 Å². The Morgan fingerprint density at radius 2 is 1.05 bits per heavy atom. The fourth-order valence-corrected chi connectivity index (χ4v) is 4.78. The molecule has 0 aliphatic carbocycles. The molecule has 1 saturated heterocycles. The van der Waals surface area contributed by atoms with Gasteiger partial charge in [-0.15, -0.1) is 0 Å². The summed E-state index contributed by atoms with van der Waals surface area (Å²) in [6.45, 7) is 3.94.